The first-order chi connectivity index (χ1) is 10.5. The Bertz CT molecular complexity index is 425. The predicted molar refractivity (Wildman–Crippen MR) is 76.6 cm³/mol. The molecule has 0 bridgehead atoms. The average Bonchev–Trinajstić information content (AvgIpc) is 2.45. The number of benzene rings is 1. The molecule has 1 aromatic carbocycles. The van der Waals surface area contributed by atoms with Gasteiger partial charge in [-0.1, -0.05) is 24.3 Å². The van der Waals surface area contributed by atoms with Crippen LogP contribution in [0.1, 0.15) is 48.6 Å². The third-order valence-corrected chi connectivity index (χ3v) is 4.45. The van der Waals surface area contributed by atoms with Gasteiger partial charge in [0, 0.05) is 25.7 Å². The SMILES string of the molecule is OC1CC(c2ccc(C3CC(O)OC(O)C3)cc2)CC(O)O1. The van der Waals surface area contributed by atoms with Crippen molar-refractivity contribution in [2.45, 2.75) is 62.7 Å². The number of aliphatic hydroxyl groups excluding tert-OH is 4. The zero-order valence-electron chi connectivity index (χ0n) is 12.2. The smallest absolute Gasteiger partial charge is 0.158 e. The second-order valence-electron chi connectivity index (χ2n) is 6.09. The maximum atomic E-state index is 9.58. The van der Waals surface area contributed by atoms with E-state index in [0.717, 1.165) is 11.1 Å². The second kappa shape index (κ2) is 6.62. The van der Waals surface area contributed by atoms with E-state index >= 15 is 0 Å². The van der Waals surface area contributed by atoms with Crippen LogP contribution in [0.25, 0.3) is 0 Å². The quantitative estimate of drug-likeness (QED) is 0.643. The number of ether oxygens (including phenoxy) is 2. The van der Waals surface area contributed by atoms with Crippen LogP contribution in [0.2, 0.25) is 0 Å². The minimum atomic E-state index is -0.936. The van der Waals surface area contributed by atoms with E-state index in [2.05, 4.69) is 0 Å². The van der Waals surface area contributed by atoms with Crippen molar-refractivity contribution in [1.82, 2.24) is 0 Å². The van der Waals surface area contributed by atoms with E-state index in [-0.39, 0.29) is 11.8 Å². The van der Waals surface area contributed by atoms with E-state index in [9.17, 15) is 20.4 Å². The molecule has 2 heterocycles. The highest BCUT2D eigenvalue weighted by molar-refractivity contribution is 5.28. The minimum Gasteiger partial charge on any atom is -0.368 e. The van der Waals surface area contributed by atoms with Gasteiger partial charge in [0.25, 0.3) is 0 Å². The highest BCUT2D eigenvalue weighted by Crippen LogP contribution is 2.35. The molecular weight excluding hydrogens is 288 g/mol. The Morgan fingerprint density at radius 2 is 0.864 bits per heavy atom. The van der Waals surface area contributed by atoms with Crippen molar-refractivity contribution in [1.29, 1.82) is 0 Å². The Hall–Kier alpha value is -1.02. The van der Waals surface area contributed by atoms with Gasteiger partial charge in [-0.15, -0.1) is 0 Å². The van der Waals surface area contributed by atoms with Crippen molar-refractivity contribution >= 4 is 0 Å². The number of aliphatic hydroxyl groups is 4. The average molecular weight is 310 g/mol. The van der Waals surface area contributed by atoms with Gasteiger partial charge in [-0.25, -0.2) is 0 Å². The normalized spacial score (nSPS) is 39.6. The summed E-state index contributed by atoms with van der Waals surface area (Å²) in [4.78, 5) is 0. The van der Waals surface area contributed by atoms with Crippen LogP contribution < -0.4 is 0 Å². The van der Waals surface area contributed by atoms with Gasteiger partial charge in [0.15, 0.2) is 25.2 Å². The molecule has 122 valence electrons. The van der Waals surface area contributed by atoms with E-state index < -0.39 is 25.2 Å². The molecule has 4 unspecified atom stereocenters. The van der Waals surface area contributed by atoms with Crippen molar-refractivity contribution in [2.75, 3.05) is 0 Å². The van der Waals surface area contributed by atoms with Crippen molar-refractivity contribution in [3.05, 3.63) is 35.4 Å². The highest BCUT2D eigenvalue weighted by Gasteiger charge is 2.30. The van der Waals surface area contributed by atoms with Gasteiger partial charge in [0.05, 0.1) is 0 Å². The molecule has 2 fully saturated rings. The third kappa shape index (κ3) is 3.65. The molecule has 2 aliphatic heterocycles. The van der Waals surface area contributed by atoms with Crippen molar-refractivity contribution in [3.8, 4) is 0 Å². The molecule has 3 rings (SSSR count). The fourth-order valence-electron chi connectivity index (χ4n) is 3.34. The molecule has 22 heavy (non-hydrogen) atoms. The van der Waals surface area contributed by atoms with Crippen molar-refractivity contribution in [3.63, 3.8) is 0 Å². The Morgan fingerprint density at radius 3 is 1.14 bits per heavy atom. The maximum absolute atomic E-state index is 9.58. The zero-order chi connectivity index (χ0) is 15.7. The third-order valence-electron chi connectivity index (χ3n) is 4.45. The highest BCUT2D eigenvalue weighted by atomic mass is 16.7. The van der Waals surface area contributed by atoms with Crippen LogP contribution in [-0.4, -0.2) is 45.6 Å². The van der Waals surface area contributed by atoms with E-state index in [1.54, 1.807) is 0 Å². The first-order valence-corrected chi connectivity index (χ1v) is 7.64. The molecule has 0 saturated carbocycles. The van der Waals surface area contributed by atoms with Crippen LogP contribution in [-0.2, 0) is 9.47 Å². The van der Waals surface area contributed by atoms with Crippen molar-refractivity contribution < 1.29 is 29.9 Å². The molecule has 6 heteroatoms. The summed E-state index contributed by atoms with van der Waals surface area (Å²) in [5.74, 6) is 0.109. The molecule has 6 nitrogen and oxygen atoms in total. The molecule has 2 saturated heterocycles. The Morgan fingerprint density at radius 1 is 0.591 bits per heavy atom. The fourth-order valence-corrected chi connectivity index (χ4v) is 3.34. The summed E-state index contributed by atoms with van der Waals surface area (Å²) in [7, 11) is 0. The number of rotatable bonds is 2. The number of hydrogen-bond acceptors (Lipinski definition) is 6. The Balaban J connectivity index is 1.70. The lowest BCUT2D eigenvalue weighted by Crippen LogP contribution is -2.32. The zero-order valence-corrected chi connectivity index (χ0v) is 12.2. The lowest BCUT2D eigenvalue weighted by molar-refractivity contribution is -0.237. The molecule has 4 atom stereocenters. The Kier molecular flexibility index (Phi) is 4.77. The summed E-state index contributed by atoms with van der Waals surface area (Å²) in [5, 5.41) is 38.3. The molecule has 4 N–H and O–H groups in total. The Labute approximate surface area is 128 Å². The molecular formula is C16H22O6. The lowest BCUT2D eigenvalue weighted by atomic mass is 9.86. The molecule has 0 radical (unpaired) electrons. The first kappa shape index (κ1) is 15.9. The number of hydrogen-bond donors (Lipinski definition) is 4. The van der Waals surface area contributed by atoms with Crippen LogP contribution in [0.5, 0.6) is 0 Å². The summed E-state index contributed by atoms with van der Waals surface area (Å²) < 4.78 is 9.84. The summed E-state index contributed by atoms with van der Waals surface area (Å²) in [6.07, 6.45) is -1.89. The van der Waals surface area contributed by atoms with Crippen LogP contribution in [0.3, 0.4) is 0 Å². The van der Waals surface area contributed by atoms with Gasteiger partial charge in [-0.3, -0.25) is 0 Å². The van der Waals surface area contributed by atoms with Gasteiger partial charge >= 0.3 is 0 Å². The predicted octanol–water partition coefficient (Wildman–Crippen LogP) is 0.748. The second-order valence-corrected chi connectivity index (χ2v) is 6.09. The molecule has 1 aromatic rings. The molecule has 0 spiro atoms. The summed E-state index contributed by atoms with van der Waals surface area (Å²) in [6, 6.07) is 7.88. The fraction of sp³-hybridized carbons (Fsp3) is 0.625. The van der Waals surface area contributed by atoms with Crippen molar-refractivity contribution in [2.24, 2.45) is 0 Å². The van der Waals surface area contributed by atoms with Gasteiger partial charge in [-0.2, -0.15) is 0 Å². The van der Waals surface area contributed by atoms with Gasteiger partial charge in [0.1, 0.15) is 0 Å². The van der Waals surface area contributed by atoms with Gasteiger partial charge < -0.3 is 29.9 Å². The molecule has 0 amide bonds. The van der Waals surface area contributed by atoms with E-state index in [4.69, 9.17) is 9.47 Å². The van der Waals surface area contributed by atoms with E-state index in [1.165, 1.54) is 0 Å². The van der Waals surface area contributed by atoms with Gasteiger partial charge in [-0.05, 0) is 23.0 Å². The van der Waals surface area contributed by atoms with E-state index in [1.807, 2.05) is 24.3 Å². The summed E-state index contributed by atoms with van der Waals surface area (Å²) >= 11 is 0. The first-order valence-electron chi connectivity index (χ1n) is 7.64. The van der Waals surface area contributed by atoms with Crippen LogP contribution in [0.4, 0.5) is 0 Å². The monoisotopic (exact) mass is 310 g/mol. The summed E-state index contributed by atoms with van der Waals surface area (Å²) in [5.41, 5.74) is 2.08. The molecule has 0 aromatic heterocycles. The van der Waals surface area contributed by atoms with Gasteiger partial charge in [0.2, 0.25) is 0 Å². The largest absolute Gasteiger partial charge is 0.368 e. The standard InChI is InChI=1S/C16H22O6/c17-13-5-11(6-14(18)21-13)9-1-2-10(4-3-9)12-7-15(19)22-16(20)8-12/h1-4,11-20H,5-8H2. The lowest BCUT2D eigenvalue weighted by Gasteiger charge is -2.31. The molecule has 0 aliphatic carbocycles. The van der Waals surface area contributed by atoms with Crippen LogP contribution in [0, 0.1) is 0 Å². The topological polar surface area (TPSA) is 99.4 Å². The van der Waals surface area contributed by atoms with E-state index in [0.29, 0.717) is 25.7 Å². The summed E-state index contributed by atoms with van der Waals surface area (Å²) in [6.45, 7) is 0. The van der Waals surface area contributed by atoms with Crippen LogP contribution >= 0.6 is 0 Å². The molecule has 2 aliphatic rings. The van der Waals surface area contributed by atoms with Crippen LogP contribution in [0.15, 0.2) is 24.3 Å². The maximum Gasteiger partial charge on any atom is 0.158 e. The minimum absolute atomic E-state index is 0.0543.